The van der Waals surface area contributed by atoms with Crippen LogP contribution in [0.2, 0.25) is 0 Å². The van der Waals surface area contributed by atoms with Crippen LogP contribution in [-0.2, 0) is 20.2 Å². The van der Waals surface area contributed by atoms with Crippen molar-refractivity contribution in [2.24, 2.45) is 4.40 Å². The molecule has 3 aromatic carbocycles. The van der Waals surface area contributed by atoms with Crippen molar-refractivity contribution in [3.63, 3.8) is 0 Å². The molecule has 1 aliphatic rings. The van der Waals surface area contributed by atoms with Gasteiger partial charge in [0.1, 0.15) is 11.5 Å². The minimum absolute atomic E-state index is 0.00458. The highest BCUT2D eigenvalue weighted by Crippen LogP contribution is 2.30. The number of hydrogen-bond donors (Lipinski definition) is 0. The summed E-state index contributed by atoms with van der Waals surface area (Å²) in [5.74, 6) is -0.0992. The topological polar surface area (TPSA) is 76.0 Å². The average molecular weight is 477 g/mol. The van der Waals surface area contributed by atoms with E-state index in [4.69, 9.17) is 4.74 Å². The van der Waals surface area contributed by atoms with E-state index in [1.54, 1.807) is 41.3 Å². The lowest BCUT2D eigenvalue weighted by molar-refractivity contribution is 0.0517. The number of esters is 1. The van der Waals surface area contributed by atoms with Crippen LogP contribution in [0.5, 0.6) is 0 Å². The van der Waals surface area contributed by atoms with Gasteiger partial charge in [-0.25, -0.2) is 4.79 Å². The third-order valence-corrected chi connectivity index (χ3v) is 7.04. The van der Waals surface area contributed by atoms with E-state index in [9.17, 15) is 13.2 Å². The summed E-state index contributed by atoms with van der Waals surface area (Å²) in [5, 5.41) is 0. The van der Waals surface area contributed by atoms with Crippen molar-refractivity contribution >= 4 is 27.5 Å². The molecule has 0 bridgehead atoms. The second-order valence-electron chi connectivity index (χ2n) is 9.34. The first-order valence-corrected chi connectivity index (χ1v) is 12.6. The number of anilines is 1. The molecule has 7 heteroatoms. The van der Waals surface area contributed by atoms with E-state index < -0.39 is 16.0 Å². The molecule has 176 valence electrons. The van der Waals surface area contributed by atoms with Crippen LogP contribution in [0.25, 0.3) is 0 Å². The number of fused-ring (bicyclic) bond motifs is 1. The van der Waals surface area contributed by atoms with Gasteiger partial charge in [-0.2, -0.15) is 8.42 Å². The number of aryl methyl sites for hydroxylation is 1. The van der Waals surface area contributed by atoms with Gasteiger partial charge in [-0.3, -0.25) is 0 Å². The van der Waals surface area contributed by atoms with Crippen molar-refractivity contribution in [1.29, 1.82) is 0 Å². The van der Waals surface area contributed by atoms with E-state index in [0.717, 1.165) is 16.8 Å². The van der Waals surface area contributed by atoms with Crippen LogP contribution in [-0.4, -0.2) is 33.4 Å². The molecule has 0 spiro atoms. The third-order valence-electron chi connectivity index (χ3n) is 5.72. The number of benzene rings is 3. The SMILES string of the molecule is Cc1cccc(N(CCOC(=O)c2ccc(C(C)(C)C)cc2)C2=NS(=O)(=O)c3ccccc32)c1. The number of ether oxygens (including phenoxy) is 1. The maximum absolute atomic E-state index is 12.6. The van der Waals surface area contributed by atoms with E-state index >= 15 is 0 Å². The molecule has 0 atom stereocenters. The Morgan fingerprint density at radius 3 is 2.35 bits per heavy atom. The van der Waals surface area contributed by atoms with Crippen LogP contribution in [0.3, 0.4) is 0 Å². The number of nitrogens with zero attached hydrogens (tertiary/aromatic N) is 2. The van der Waals surface area contributed by atoms with Crippen LogP contribution in [0.15, 0.2) is 82.1 Å². The Balaban J connectivity index is 1.56. The summed E-state index contributed by atoms with van der Waals surface area (Å²) in [6.45, 7) is 8.62. The van der Waals surface area contributed by atoms with Gasteiger partial charge in [0, 0.05) is 11.3 Å². The smallest absolute Gasteiger partial charge is 0.338 e. The van der Waals surface area contributed by atoms with Crippen LogP contribution in [0.4, 0.5) is 5.69 Å². The minimum Gasteiger partial charge on any atom is -0.460 e. The van der Waals surface area contributed by atoms with Crippen LogP contribution >= 0.6 is 0 Å². The molecule has 0 saturated carbocycles. The maximum atomic E-state index is 12.6. The molecule has 34 heavy (non-hydrogen) atoms. The summed E-state index contributed by atoms with van der Waals surface area (Å²) in [5.41, 5.74) is 3.93. The fraction of sp³-hybridized carbons (Fsp3) is 0.259. The molecule has 6 nitrogen and oxygen atoms in total. The molecule has 0 saturated heterocycles. The standard InChI is InChI=1S/C27H28N2O4S/c1-19-8-7-9-22(18-19)29(25-23-10-5-6-11-24(23)34(31,32)28-25)16-17-33-26(30)20-12-14-21(15-13-20)27(2,3)4/h5-15,18H,16-17H2,1-4H3. The number of carbonyl (C=O) groups is 1. The fourth-order valence-corrected chi connectivity index (χ4v) is 5.07. The molecule has 3 aromatic rings. The van der Waals surface area contributed by atoms with Crippen LogP contribution in [0, 0.1) is 6.92 Å². The molecule has 0 fully saturated rings. The van der Waals surface area contributed by atoms with Gasteiger partial charge < -0.3 is 9.64 Å². The van der Waals surface area contributed by atoms with E-state index in [2.05, 4.69) is 25.2 Å². The van der Waals surface area contributed by atoms with Crippen LogP contribution in [0.1, 0.15) is 47.8 Å². The number of sulfonamides is 1. The van der Waals surface area contributed by atoms with Crippen LogP contribution < -0.4 is 4.90 Å². The van der Waals surface area contributed by atoms with Gasteiger partial charge in [0.25, 0.3) is 10.0 Å². The highest BCUT2D eigenvalue weighted by Gasteiger charge is 2.32. The van der Waals surface area contributed by atoms with Gasteiger partial charge in [-0.1, -0.05) is 57.2 Å². The summed E-state index contributed by atoms with van der Waals surface area (Å²) < 4.78 is 34.9. The summed E-state index contributed by atoms with van der Waals surface area (Å²) in [4.78, 5) is 14.6. The lowest BCUT2D eigenvalue weighted by atomic mass is 9.87. The summed E-state index contributed by atoms with van der Waals surface area (Å²) in [7, 11) is -3.78. The molecule has 1 aliphatic heterocycles. The van der Waals surface area contributed by atoms with E-state index in [1.165, 1.54) is 0 Å². The Bertz CT molecular complexity index is 1350. The zero-order chi connectivity index (χ0) is 24.5. The molecule has 0 aromatic heterocycles. The molecule has 4 rings (SSSR count). The highest BCUT2D eigenvalue weighted by atomic mass is 32.2. The van der Waals surface area contributed by atoms with E-state index in [0.29, 0.717) is 17.0 Å². The molecule has 0 unspecified atom stereocenters. The summed E-state index contributed by atoms with van der Waals surface area (Å²) >= 11 is 0. The predicted molar refractivity (Wildman–Crippen MR) is 134 cm³/mol. The summed E-state index contributed by atoms with van der Waals surface area (Å²) in [6, 6.07) is 21.9. The predicted octanol–water partition coefficient (Wildman–Crippen LogP) is 5.11. The number of hydrogen-bond acceptors (Lipinski definition) is 5. The monoisotopic (exact) mass is 476 g/mol. The van der Waals surface area contributed by atoms with E-state index in [-0.39, 0.29) is 23.5 Å². The molecular formula is C27H28N2O4S. The Morgan fingerprint density at radius 1 is 0.971 bits per heavy atom. The first-order valence-electron chi connectivity index (χ1n) is 11.1. The van der Waals surface area contributed by atoms with Crippen molar-refractivity contribution in [1.82, 2.24) is 0 Å². The van der Waals surface area contributed by atoms with Gasteiger partial charge in [0.05, 0.1) is 12.1 Å². The van der Waals surface area contributed by atoms with Gasteiger partial charge in [-0.05, 0) is 59.9 Å². The van der Waals surface area contributed by atoms with Crippen molar-refractivity contribution in [2.45, 2.75) is 38.0 Å². The lowest BCUT2D eigenvalue weighted by Gasteiger charge is -2.25. The molecule has 1 heterocycles. The Labute approximate surface area is 201 Å². The molecule has 0 N–H and O–H groups in total. The average Bonchev–Trinajstić information content (AvgIpc) is 3.07. The zero-order valence-electron chi connectivity index (χ0n) is 19.8. The van der Waals surface area contributed by atoms with Gasteiger partial charge in [-0.15, -0.1) is 4.40 Å². The Kier molecular flexibility index (Phi) is 6.32. The summed E-state index contributed by atoms with van der Waals surface area (Å²) in [6.07, 6.45) is 0. The fourth-order valence-electron chi connectivity index (χ4n) is 3.86. The largest absolute Gasteiger partial charge is 0.460 e. The van der Waals surface area contributed by atoms with Gasteiger partial charge in [0.2, 0.25) is 0 Å². The van der Waals surface area contributed by atoms with E-state index in [1.807, 2.05) is 43.3 Å². The number of amidine groups is 1. The third kappa shape index (κ3) is 4.89. The number of carbonyl (C=O) groups excluding carboxylic acids is 1. The van der Waals surface area contributed by atoms with Crippen molar-refractivity contribution < 1.29 is 17.9 Å². The highest BCUT2D eigenvalue weighted by molar-refractivity contribution is 7.90. The zero-order valence-corrected chi connectivity index (χ0v) is 20.6. The first-order chi connectivity index (χ1) is 16.1. The second-order valence-corrected chi connectivity index (χ2v) is 10.9. The van der Waals surface area contributed by atoms with Gasteiger partial charge >= 0.3 is 5.97 Å². The lowest BCUT2D eigenvalue weighted by Crippen LogP contribution is -2.34. The quantitative estimate of drug-likeness (QED) is 0.479. The maximum Gasteiger partial charge on any atom is 0.338 e. The Hall–Kier alpha value is -3.45. The van der Waals surface area contributed by atoms with Crippen molar-refractivity contribution in [3.05, 3.63) is 95.1 Å². The molecule has 0 radical (unpaired) electrons. The first kappa shape index (κ1) is 23.7. The molecule has 0 aliphatic carbocycles. The minimum atomic E-state index is -3.78. The Morgan fingerprint density at radius 2 is 1.68 bits per heavy atom. The van der Waals surface area contributed by atoms with Gasteiger partial charge in [0.15, 0.2) is 5.84 Å². The van der Waals surface area contributed by atoms with Crippen molar-refractivity contribution in [3.8, 4) is 0 Å². The van der Waals surface area contributed by atoms with Crippen molar-refractivity contribution in [2.75, 3.05) is 18.1 Å². The normalized spacial score (nSPS) is 14.3. The molecule has 0 amide bonds. The molecular weight excluding hydrogens is 448 g/mol. The number of rotatable bonds is 5. The second kappa shape index (κ2) is 9.06.